The molecule has 0 aromatic rings. The summed E-state index contributed by atoms with van der Waals surface area (Å²) in [5.41, 5.74) is 0. The molecule has 0 fully saturated rings. The van der Waals surface area contributed by atoms with E-state index in [9.17, 15) is 5.11 Å². The lowest BCUT2D eigenvalue weighted by atomic mass is 10.4. The van der Waals surface area contributed by atoms with E-state index in [0.717, 1.165) is 6.42 Å². The lowest BCUT2D eigenvalue weighted by molar-refractivity contribution is -0.257. The van der Waals surface area contributed by atoms with Crippen molar-refractivity contribution in [1.29, 1.82) is 0 Å². The molecule has 0 aromatic heterocycles. The van der Waals surface area contributed by atoms with Crippen molar-refractivity contribution in [1.82, 2.24) is 0 Å². The molecule has 73 valence electrons. The quantitative estimate of drug-likeness (QED) is 0.581. The molecular weight excluding hydrogens is 156 g/mol. The Morgan fingerprint density at radius 2 is 1.67 bits per heavy atom. The molecule has 0 N–H and O–H groups in total. The minimum atomic E-state index is -0.950. The van der Waals surface area contributed by atoms with Crippen LogP contribution in [0.2, 0.25) is 0 Å². The van der Waals surface area contributed by atoms with E-state index in [-0.39, 0.29) is 12.4 Å². The monoisotopic (exact) mass is 175 g/mol. The van der Waals surface area contributed by atoms with Crippen LogP contribution in [0.15, 0.2) is 0 Å². The van der Waals surface area contributed by atoms with Crippen LogP contribution in [0.5, 0.6) is 0 Å². The zero-order valence-corrected chi connectivity index (χ0v) is 8.37. The van der Waals surface area contributed by atoms with Crippen molar-refractivity contribution in [2.45, 2.75) is 59.2 Å². The summed E-state index contributed by atoms with van der Waals surface area (Å²) in [5, 5.41) is 10.9. The second-order valence-electron chi connectivity index (χ2n) is 3.00. The largest absolute Gasteiger partial charge is 0.350 e. The zero-order chi connectivity index (χ0) is 9.56. The molecule has 0 heterocycles. The van der Waals surface area contributed by atoms with Crippen LogP contribution in [0.25, 0.3) is 0 Å². The summed E-state index contributed by atoms with van der Waals surface area (Å²) in [6.07, 6.45) is 0.0228. The van der Waals surface area contributed by atoms with Crippen LogP contribution >= 0.6 is 0 Å². The highest BCUT2D eigenvalue weighted by molar-refractivity contribution is 4.45. The van der Waals surface area contributed by atoms with Gasteiger partial charge in [0.2, 0.25) is 0 Å². The van der Waals surface area contributed by atoms with Gasteiger partial charge in [0.1, 0.15) is 0 Å². The third-order valence-electron chi connectivity index (χ3n) is 1.39. The van der Waals surface area contributed by atoms with Crippen molar-refractivity contribution in [3.05, 3.63) is 0 Å². The molecule has 3 nitrogen and oxygen atoms in total. The molecule has 0 amide bonds. The van der Waals surface area contributed by atoms with E-state index in [2.05, 4.69) is 0 Å². The molecule has 0 aliphatic heterocycles. The van der Waals surface area contributed by atoms with Crippen molar-refractivity contribution < 1.29 is 14.6 Å². The smallest absolute Gasteiger partial charge is 0.194 e. The van der Waals surface area contributed by atoms with E-state index in [1.165, 1.54) is 0 Å². The summed E-state index contributed by atoms with van der Waals surface area (Å²) in [7, 11) is 0. The summed E-state index contributed by atoms with van der Waals surface area (Å²) < 4.78 is 10.4. The summed E-state index contributed by atoms with van der Waals surface area (Å²) in [6, 6.07) is 0. The van der Waals surface area contributed by atoms with Crippen LogP contribution < -0.4 is 0 Å². The predicted molar refractivity (Wildman–Crippen MR) is 46.2 cm³/mol. The highest BCUT2D eigenvalue weighted by Crippen LogP contribution is 2.08. The van der Waals surface area contributed by atoms with E-state index in [0.29, 0.717) is 6.42 Å². The van der Waals surface area contributed by atoms with E-state index >= 15 is 0 Å². The third-order valence-corrected chi connectivity index (χ3v) is 1.39. The van der Waals surface area contributed by atoms with Gasteiger partial charge in [-0.05, 0) is 26.7 Å². The van der Waals surface area contributed by atoms with Gasteiger partial charge < -0.3 is 9.47 Å². The lowest BCUT2D eigenvalue weighted by Gasteiger charge is -2.20. The molecule has 2 unspecified atom stereocenters. The average Bonchev–Trinajstić information content (AvgIpc) is 2.02. The Hall–Kier alpha value is -0.120. The molecule has 1 radical (unpaired) electrons. The van der Waals surface area contributed by atoms with Gasteiger partial charge in [0.05, 0.1) is 6.10 Å². The average molecular weight is 175 g/mol. The van der Waals surface area contributed by atoms with Crippen molar-refractivity contribution >= 4 is 0 Å². The van der Waals surface area contributed by atoms with Crippen LogP contribution in [0.4, 0.5) is 0 Å². The van der Waals surface area contributed by atoms with Gasteiger partial charge in [-0.25, -0.2) is 5.11 Å². The van der Waals surface area contributed by atoms with Gasteiger partial charge in [-0.3, -0.25) is 0 Å². The first kappa shape index (κ1) is 11.9. The second-order valence-corrected chi connectivity index (χ2v) is 3.00. The van der Waals surface area contributed by atoms with Crippen molar-refractivity contribution in [2.75, 3.05) is 0 Å². The minimum absolute atomic E-state index is 0.110. The third kappa shape index (κ3) is 5.52. The first-order chi connectivity index (χ1) is 5.60. The normalized spacial score (nSPS) is 16.5. The molecule has 0 saturated carbocycles. The van der Waals surface area contributed by atoms with Gasteiger partial charge in [-0.1, -0.05) is 13.8 Å². The van der Waals surface area contributed by atoms with Crippen molar-refractivity contribution in [2.24, 2.45) is 0 Å². The van der Waals surface area contributed by atoms with Crippen LogP contribution in [0, 0.1) is 0 Å². The first-order valence-corrected chi connectivity index (χ1v) is 4.56. The van der Waals surface area contributed by atoms with Gasteiger partial charge in [-0.2, -0.15) is 0 Å². The summed E-state index contributed by atoms with van der Waals surface area (Å²) >= 11 is 0. The van der Waals surface area contributed by atoms with Crippen LogP contribution in [0.1, 0.15) is 40.5 Å². The van der Waals surface area contributed by atoms with Crippen LogP contribution in [-0.4, -0.2) is 18.7 Å². The number of ether oxygens (including phenoxy) is 2. The number of hydrogen-bond donors (Lipinski definition) is 0. The SMILES string of the molecule is CCC([O])OC(CC)OC(C)C. The Morgan fingerprint density at radius 1 is 1.08 bits per heavy atom. The molecule has 0 aliphatic carbocycles. The molecule has 3 heteroatoms. The van der Waals surface area contributed by atoms with Crippen LogP contribution in [-0.2, 0) is 14.6 Å². The number of hydrogen-bond acceptors (Lipinski definition) is 2. The molecule has 12 heavy (non-hydrogen) atoms. The lowest BCUT2D eigenvalue weighted by Crippen LogP contribution is -2.25. The highest BCUT2D eigenvalue weighted by Gasteiger charge is 2.13. The second kappa shape index (κ2) is 6.40. The molecule has 0 spiro atoms. The highest BCUT2D eigenvalue weighted by atomic mass is 16.7. The number of rotatable bonds is 6. The minimum Gasteiger partial charge on any atom is -0.350 e. The predicted octanol–water partition coefficient (Wildman–Crippen LogP) is 2.33. The van der Waals surface area contributed by atoms with E-state index < -0.39 is 6.29 Å². The van der Waals surface area contributed by atoms with Gasteiger partial charge in [0.25, 0.3) is 0 Å². The molecule has 0 saturated heterocycles. The summed E-state index contributed by atoms with van der Waals surface area (Å²) in [6.45, 7) is 7.60. The summed E-state index contributed by atoms with van der Waals surface area (Å²) in [5.74, 6) is 0. The molecule has 2 atom stereocenters. The maximum atomic E-state index is 10.9. The van der Waals surface area contributed by atoms with E-state index in [1.807, 2.05) is 20.8 Å². The van der Waals surface area contributed by atoms with E-state index in [4.69, 9.17) is 9.47 Å². The van der Waals surface area contributed by atoms with Gasteiger partial charge in [0.15, 0.2) is 12.6 Å². The first-order valence-electron chi connectivity index (χ1n) is 4.56. The maximum absolute atomic E-state index is 10.9. The fraction of sp³-hybridized carbons (Fsp3) is 1.00. The fourth-order valence-corrected chi connectivity index (χ4v) is 0.794. The topological polar surface area (TPSA) is 38.4 Å². The Balaban J connectivity index is 3.66. The fourth-order valence-electron chi connectivity index (χ4n) is 0.794. The Kier molecular flexibility index (Phi) is 6.34. The van der Waals surface area contributed by atoms with Crippen molar-refractivity contribution in [3.63, 3.8) is 0 Å². The molecule has 0 bridgehead atoms. The Bertz CT molecular complexity index is 104. The molecule has 0 rings (SSSR count). The Labute approximate surface area is 74.7 Å². The molecule has 0 aliphatic rings. The zero-order valence-electron chi connectivity index (χ0n) is 8.37. The van der Waals surface area contributed by atoms with E-state index in [1.54, 1.807) is 6.92 Å². The van der Waals surface area contributed by atoms with Crippen molar-refractivity contribution in [3.8, 4) is 0 Å². The van der Waals surface area contributed by atoms with Gasteiger partial charge >= 0.3 is 0 Å². The van der Waals surface area contributed by atoms with Gasteiger partial charge in [-0.15, -0.1) is 0 Å². The Morgan fingerprint density at radius 3 is 2.00 bits per heavy atom. The standard InChI is InChI=1S/C9H19O3/c1-5-8(10)12-9(6-2)11-7(3)4/h7-9H,5-6H2,1-4H3. The molecule has 0 aromatic carbocycles. The van der Waals surface area contributed by atoms with Gasteiger partial charge in [0, 0.05) is 0 Å². The summed E-state index contributed by atoms with van der Waals surface area (Å²) in [4.78, 5) is 0. The van der Waals surface area contributed by atoms with Crippen LogP contribution in [0.3, 0.4) is 0 Å². The molecular formula is C9H19O3. The maximum Gasteiger partial charge on any atom is 0.194 e.